The van der Waals surface area contributed by atoms with Gasteiger partial charge in [0, 0.05) is 6.54 Å². The van der Waals surface area contributed by atoms with E-state index in [4.69, 9.17) is 0 Å². The maximum atomic E-state index is 12.7. The lowest BCUT2D eigenvalue weighted by atomic mass is 10.3. The molecule has 4 heteroatoms. The fourth-order valence-electron chi connectivity index (χ4n) is 0.815. The van der Waals surface area contributed by atoms with Crippen molar-refractivity contribution in [2.75, 3.05) is 18.5 Å². The van der Waals surface area contributed by atoms with Gasteiger partial charge in [0.2, 0.25) is 0 Å². The Morgan fingerprint density at radius 3 is 2.67 bits per heavy atom. The molecule has 1 aromatic rings. The van der Waals surface area contributed by atoms with Gasteiger partial charge in [0.25, 0.3) is 0 Å². The molecule has 0 aliphatic heterocycles. The minimum Gasteiger partial charge on any atom is -0.380 e. The van der Waals surface area contributed by atoms with E-state index >= 15 is 0 Å². The molecule has 1 nitrogen and oxygen atoms in total. The summed E-state index contributed by atoms with van der Waals surface area (Å²) < 4.78 is 36.8. The summed E-state index contributed by atoms with van der Waals surface area (Å²) >= 11 is 0. The first-order chi connectivity index (χ1) is 5.74. The van der Waals surface area contributed by atoms with Crippen molar-refractivity contribution in [3.8, 4) is 0 Å². The lowest BCUT2D eigenvalue weighted by Crippen LogP contribution is -2.04. The average molecular weight is 175 g/mol. The van der Waals surface area contributed by atoms with Crippen molar-refractivity contribution in [3.63, 3.8) is 0 Å². The van der Waals surface area contributed by atoms with Crippen LogP contribution in [0.1, 0.15) is 0 Å². The van der Waals surface area contributed by atoms with Gasteiger partial charge in [-0.05, 0) is 18.2 Å². The topological polar surface area (TPSA) is 12.0 Å². The maximum absolute atomic E-state index is 12.7. The molecule has 1 aromatic carbocycles. The Kier molecular flexibility index (Phi) is 2.96. The van der Waals surface area contributed by atoms with Crippen LogP contribution in [0.25, 0.3) is 0 Å². The Bertz CT molecular complexity index is 262. The molecule has 0 fully saturated rings. The summed E-state index contributed by atoms with van der Waals surface area (Å²) in [5.74, 6) is -1.12. The van der Waals surface area contributed by atoms with Crippen LogP contribution >= 0.6 is 0 Å². The molecule has 0 heterocycles. The maximum Gasteiger partial charge on any atom is 0.146 e. The highest BCUT2D eigenvalue weighted by atomic mass is 19.1. The molecular formula is C8H8F3N. The van der Waals surface area contributed by atoms with E-state index < -0.39 is 18.3 Å². The molecule has 0 unspecified atom stereocenters. The molecule has 1 N–H and O–H groups in total. The van der Waals surface area contributed by atoms with E-state index in [-0.39, 0.29) is 12.2 Å². The Balaban J connectivity index is 2.75. The zero-order chi connectivity index (χ0) is 8.97. The van der Waals surface area contributed by atoms with Crippen molar-refractivity contribution in [1.29, 1.82) is 0 Å². The van der Waals surface area contributed by atoms with Gasteiger partial charge in [0.05, 0.1) is 5.69 Å². The van der Waals surface area contributed by atoms with Crippen molar-refractivity contribution in [1.82, 2.24) is 0 Å². The zero-order valence-corrected chi connectivity index (χ0v) is 6.28. The van der Waals surface area contributed by atoms with Crippen LogP contribution in [0.5, 0.6) is 0 Å². The standard InChI is InChI=1S/C8H8F3N/c9-3-4-12-8-5-6(10)1-2-7(8)11/h1-2,5,12H,3-4H2. The van der Waals surface area contributed by atoms with Gasteiger partial charge >= 0.3 is 0 Å². The van der Waals surface area contributed by atoms with Crippen LogP contribution in [0.3, 0.4) is 0 Å². The number of hydrogen-bond donors (Lipinski definition) is 1. The molecule has 0 atom stereocenters. The molecule has 0 spiro atoms. The third-order valence-electron chi connectivity index (χ3n) is 1.34. The largest absolute Gasteiger partial charge is 0.380 e. The second-order valence-electron chi connectivity index (χ2n) is 2.24. The van der Waals surface area contributed by atoms with E-state index in [0.717, 1.165) is 18.2 Å². The molecular weight excluding hydrogens is 167 g/mol. The summed E-state index contributed by atoms with van der Waals surface area (Å²) in [7, 11) is 0. The summed E-state index contributed by atoms with van der Waals surface area (Å²) in [6.07, 6.45) is 0. The van der Waals surface area contributed by atoms with Crippen LogP contribution in [0, 0.1) is 11.6 Å². The van der Waals surface area contributed by atoms with Crippen molar-refractivity contribution in [2.45, 2.75) is 0 Å². The van der Waals surface area contributed by atoms with Crippen LogP contribution in [-0.4, -0.2) is 13.2 Å². The third kappa shape index (κ3) is 2.15. The lowest BCUT2D eigenvalue weighted by molar-refractivity contribution is 0.511. The van der Waals surface area contributed by atoms with E-state index in [1.165, 1.54) is 0 Å². The van der Waals surface area contributed by atoms with Gasteiger partial charge in [0.1, 0.15) is 18.3 Å². The van der Waals surface area contributed by atoms with E-state index in [1.54, 1.807) is 0 Å². The molecule has 66 valence electrons. The van der Waals surface area contributed by atoms with Gasteiger partial charge < -0.3 is 5.32 Å². The second-order valence-corrected chi connectivity index (χ2v) is 2.24. The Labute approximate surface area is 68.2 Å². The number of alkyl halides is 1. The van der Waals surface area contributed by atoms with Crippen molar-refractivity contribution in [2.24, 2.45) is 0 Å². The van der Waals surface area contributed by atoms with E-state index in [2.05, 4.69) is 5.32 Å². The number of benzene rings is 1. The molecule has 0 radical (unpaired) electrons. The van der Waals surface area contributed by atoms with Gasteiger partial charge in [-0.2, -0.15) is 0 Å². The molecule has 0 saturated heterocycles. The Morgan fingerprint density at radius 2 is 2.00 bits per heavy atom. The fourth-order valence-corrected chi connectivity index (χ4v) is 0.815. The SMILES string of the molecule is FCCNc1cc(F)ccc1F. The zero-order valence-electron chi connectivity index (χ0n) is 6.28. The van der Waals surface area contributed by atoms with Crippen LogP contribution in [-0.2, 0) is 0 Å². The minimum atomic E-state index is -0.615. The molecule has 0 aliphatic rings. The molecule has 0 amide bonds. The average Bonchev–Trinajstić information content (AvgIpc) is 2.07. The molecule has 0 aromatic heterocycles. The number of anilines is 1. The first kappa shape index (κ1) is 8.90. The highest BCUT2D eigenvalue weighted by molar-refractivity contribution is 5.44. The number of halogens is 3. The number of rotatable bonds is 3. The number of nitrogens with one attached hydrogen (secondary N) is 1. The van der Waals surface area contributed by atoms with Crippen LogP contribution in [0.15, 0.2) is 18.2 Å². The summed E-state index contributed by atoms with van der Waals surface area (Å²) in [5.41, 5.74) is -0.00681. The van der Waals surface area contributed by atoms with Gasteiger partial charge in [-0.1, -0.05) is 0 Å². The van der Waals surface area contributed by atoms with Crippen molar-refractivity contribution < 1.29 is 13.2 Å². The van der Waals surface area contributed by atoms with Crippen molar-refractivity contribution in [3.05, 3.63) is 29.8 Å². The van der Waals surface area contributed by atoms with Gasteiger partial charge in [-0.15, -0.1) is 0 Å². The van der Waals surface area contributed by atoms with Gasteiger partial charge in [-0.3, -0.25) is 0 Å². The van der Waals surface area contributed by atoms with Crippen LogP contribution in [0.2, 0.25) is 0 Å². The van der Waals surface area contributed by atoms with Crippen LogP contribution < -0.4 is 5.32 Å². The second kappa shape index (κ2) is 3.99. The fraction of sp³-hybridized carbons (Fsp3) is 0.250. The van der Waals surface area contributed by atoms with E-state index in [9.17, 15) is 13.2 Å². The Hall–Kier alpha value is -1.19. The Morgan fingerprint density at radius 1 is 1.25 bits per heavy atom. The monoisotopic (exact) mass is 175 g/mol. The highest BCUT2D eigenvalue weighted by Crippen LogP contribution is 2.14. The molecule has 0 aliphatic carbocycles. The highest BCUT2D eigenvalue weighted by Gasteiger charge is 2.01. The quantitative estimate of drug-likeness (QED) is 0.743. The molecule has 0 saturated carbocycles. The van der Waals surface area contributed by atoms with Gasteiger partial charge in [0.15, 0.2) is 0 Å². The van der Waals surface area contributed by atoms with Gasteiger partial charge in [-0.25, -0.2) is 13.2 Å². The first-order valence-corrected chi connectivity index (χ1v) is 3.49. The van der Waals surface area contributed by atoms with E-state index in [0.29, 0.717) is 0 Å². The molecule has 1 rings (SSSR count). The summed E-state index contributed by atoms with van der Waals surface area (Å²) in [6, 6.07) is 3.00. The summed E-state index contributed by atoms with van der Waals surface area (Å²) in [4.78, 5) is 0. The van der Waals surface area contributed by atoms with Crippen LogP contribution in [0.4, 0.5) is 18.9 Å². The predicted octanol–water partition coefficient (Wildman–Crippen LogP) is 2.35. The lowest BCUT2D eigenvalue weighted by Gasteiger charge is -2.04. The number of hydrogen-bond acceptors (Lipinski definition) is 1. The smallest absolute Gasteiger partial charge is 0.146 e. The van der Waals surface area contributed by atoms with E-state index in [1.807, 2.05) is 0 Å². The normalized spacial score (nSPS) is 9.92. The van der Waals surface area contributed by atoms with Crippen molar-refractivity contribution >= 4 is 5.69 Å². The summed E-state index contributed by atoms with van der Waals surface area (Å²) in [6.45, 7) is -0.629. The third-order valence-corrected chi connectivity index (χ3v) is 1.34. The molecule has 12 heavy (non-hydrogen) atoms. The molecule has 0 bridgehead atoms. The first-order valence-electron chi connectivity index (χ1n) is 3.49. The predicted molar refractivity (Wildman–Crippen MR) is 40.8 cm³/mol. The minimum absolute atomic E-state index is 0.00681. The summed E-state index contributed by atoms with van der Waals surface area (Å²) in [5, 5.41) is 2.41.